The summed E-state index contributed by atoms with van der Waals surface area (Å²) in [5.41, 5.74) is 2.08. The Morgan fingerprint density at radius 3 is 3.24 bits per heavy atom. The lowest BCUT2D eigenvalue weighted by atomic mass is 10.1. The Morgan fingerprint density at radius 2 is 2.38 bits per heavy atom. The van der Waals surface area contributed by atoms with Crippen LogP contribution in [0.1, 0.15) is 22.6 Å². The summed E-state index contributed by atoms with van der Waals surface area (Å²) in [6, 6.07) is 2.10. The second kappa shape index (κ2) is 6.36. The standard InChI is InChI=1S/C14H18N4O2S/c19-6-1-2-12-9-18(16-15-12)10-14(20)17-5-3-13-11(8-17)4-7-21-13/h4,7,9,19H,1-3,5-6,8,10H2. The molecule has 0 fully saturated rings. The first-order chi connectivity index (χ1) is 10.3. The summed E-state index contributed by atoms with van der Waals surface area (Å²) in [5, 5.41) is 18.9. The van der Waals surface area contributed by atoms with Crippen molar-refractivity contribution < 1.29 is 9.90 Å². The van der Waals surface area contributed by atoms with E-state index < -0.39 is 0 Å². The second-order valence-electron chi connectivity index (χ2n) is 5.17. The minimum absolute atomic E-state index is 0.0745. The third-order valence-corrected chi connectivity index (χ3v) is 4.66. The maximum atomic E-state index is 12.3. The molecule has 3 heterocycles. The Hall–Kier alpha value is -1.73. The molecular formula is C14H18N4O2S. The van der Waals surface area contributed by atoms with Crippen LogP contribution in [0.15, 0.2) is 17.6 Å². The molecule has 0 aromatic carbocycles. The van der Waals surface area contributed by atoms with Gasteiger partial charge >= 0.3 is 0 Å². The highest BCUT2D eigenvalue weighted by atomic mass is 32.1. The maximum absolute atomic E-state index is 12.3. The summed E-state index contributed by atoms with van der Waals surface area (Å²) in [6.07, 6.45) is 4.08. The molecule has 0 atom stereocenters. The molecule has 1 amide bonds. The van der Waals surface area contributed by atoms with Crippen LogP contribution in [0.3, 0.4) is 0 Å². The van der Waals surface area contributed by atoms with E-state index in [-0.39, 0.29) is 19.1 Å². The first-order valence-corrected chi connectivity index (χ1v) is 7.97. The van der Waals surface area contributed by atoms with Gasteiger partial charge in [-0.15, -0.1) is 16.4 Å². The van der Waals surface area contributed by atoms with Crippen LogP contribution in [-0.2, 0) is 30.7 Å². The van der Waals surface area contributed by atoms with Gasteiger partial charge in [-0.1, -0.05) is 5.21 Å². The number of aliphatic hydroxyl groups is 1. The topological polar surface area (TPSA) is 71.2 Å². The zero-order chi connectivity index (χ0) is 14.7. The maximum Gasteiger partial charge on any atom is 0.244 e. The second-order valence-corrected chi connectivity index (χ2v) is 6.17. The van der Waals surface area contributed by atoms with Crippen LogP contribution >= 0.6 is 11.3 Å². The van der Waals surface area contributed by atoms with Crippen molar-refractivity contribution in [3.05, 3.63) is 33.8 Å². The van der Waals surface area contributed by atoms with Crippen LogP contribution in [0.2, 0.25) is 0 Å². The quantitative estimate of drug-likeness (QED) is 0.889. The molecule has 1 aliphatic heterocycles. The molecule has 1 aliphatic rings. The molecule has 7 heteroatoms. The largest absolute Gasteiger partial charge is 0.396 e. The number of aliphatic hydroxyl groups excluding tert-OH is 1. The average Bonchev–Trinajstić information content (AvgIpc) is 3.12. The van der Waals surface area contributed by atoms with Crippen LogP contribution < -0.4 is 0 Å². The number of nitrogens with zero attached hydrogens (tertiary/aromatic N) is 4. The van der Waals surface area contributed by atoms with Gasteiger partial charge in [-0.05, 0) is 36.3 Å². The summed E-state index contributed by atoms with van der Waals surface area (Å²) in [7, 11) is 0. The fourth-order valence-electron chi connectivity index (χ4n) is 2.49. The number of carbonyl (C=O) groups is 1. The molecule has 2 aromatic rings. The Labute approximate surface area is 127 Å². The van der Waals surface area contributed by atoms with E-state index in [4.69, 9.17) is 5.11 Å². The van der Waals surface area contributed by atoms with Crippen LogP contribution in [0.25, 0.3) is 0 Å². The van der Waals surface area contributed by atoms with E-state index in [1.165, 1.54) is 10.4 Å². The number of fused-ring (bicyclic) bond motifs is 1. The minimum Gasteiger partial charge on any atom is -0.396 e. The molecule has 112 valence electrons. The first kappa shape index (κ1) is 14.2. The van der Waals surface area contributed by atoms with Crippen LogP contribution in [-0.4, -0.2) is 44.1 Å². The fourth-order valence-corrected chi connectivity index (χ4v) is 3.38. The summed E-state index contributed by atoms with van der Waals surface area (Å²) >= 11 is 1.77. The molecule has 0 radical (unpaired) electrons. The average molecular weight is 306 g/mol. The Kier molecular flexibility index (Phi) is 4.31. The van der Waals surface area contributed by atoms with Crippen LogP contribution in [0.5, 0.6) is 0 Å². The summed E-state index contributed by atoms with van der Waals surface area (Å²) in [5.74, 6) is 0.0745. The number of carbonyl (C=O) groups excluding carboxylic acids is 1. The number of hydrogen-bond donors (Lipinski definition) is 1. The van der Waals surface area contributed by atoms with Crippen LogP contribution in [0, 0.1) is 0 Å². The molecule has 0 aliphatic carbocycles. The third kappa shape index (κ3) is 3.30. The lowest BCUT2D eigenvalue weighted by Gasteiger charge is -2.26. The van der Waals surface area contributed by atoms with Crippen molar-refractivity contribution in [2.75, 3.05) is 13.2 Å². The summed E-state index contributed by atoms with van der Waals surface area (Å²) < 4.78 is 1.58. The lowest BCUT2D eigenvalue weighted by molar-refractivity contribution is -0.133. The predicted octanol–water partition coefficient (Wildman–Crippen LogP) is 0.849. The number of amides is 1. The van der Waals surface area contributed by atoms with Crippen LogP contribution in [0.4, 0.5) is 0 Å². The van der Waals surface area contributed by atoms with Crippen molar-refractivity contribution in [3.8, 4) is 0 Å². The first-order valence-electron chi connectivity index (χ1n) is 7.09. The highest BCUT2D eigenvalue weighted by Crippen LogP contribution is 2.24. The Morgan fingerprint density at radius 1 is 1.48 bits per heavy atom. The van der Waals surface area contributed by atoms with Crippen molar-refractivity contribution >= 4 is 17.2 Å². The molecule has 0 unspecified atom stereocenters. The van der Waals surface area contributed by atoms with Gasteiger partial charge in [0.25, 0.3) is 0 Å². The van der Waals surface area contributed by atoms with Gasteiger partial charge in [0.05, 0.1) is 5.69 Å². The van der Waals surface area contributed by atoms with Gasteiger partial charge in [0.15, 0.2) is 0 Å². The molecule has 6 nitrogen and oxygen atoms in total. The number of hydrogen-bond acceptors (Lipinski definition) is 5. The number of thiophene rings is 1. The molecule has 1 N–H and O–H groups in total. The van der Waals surface area contributed by atoms with Gasteiger partial charge < -0.3 is 10.0 Å². The predicted molar refractivity (Wildman–Crippen MR) is 78.9 cm³/mol. The van der Waals surface area contributed by atoms with E-state index in [0.717, 1.165) is 18.7 Å². The van der Waals surface area contributed by atoms with Crippen molar-refractivity contribution in [1.82, 2.24) is 19.9 Å². The Bertz CT molecular complexity index is 622. The zero-order valence-corrected chi connectivity index (χ0v) is 12.6. The van der Waals surface area contributed by atoms with E-state index in [1.54, 1.807) is 22.2 Å². The van der Waals surface area contributed by atoms with Crippen molar-refractivity contribution in [3.63, 3.8) is 0 Å². The van der Waals surface area contributed by atoms with Gasteiger partial charge in [-0.25, -0.2) is 4.68 Å². The Balaban J connectivity index is 1.58. The lowest BCUT2D eigenvalue weighted by Crippen LogP contribution is -2.37. The molecule has 0 saturated heterocycles. The fraction of sp³-hybridized carbons (Fsp3) is 0.500. The molecule has 2 aromatic heterocycles. The molecule has 21 heavy (non-hydrogen) atoms. The normalized spacial score (nSPS) is 14.2. The minimum atomic E-state index is 0.0745. The van der Waals surface area contributed by atoms with Crippen molar-refractivity contribution in [1.29, 1.82) is 0 Å². The van der Waals surface area contributed by atoms with E-state index in [9.17, 15) is 4.79 Å². The smallest absolute Gasteiger partial charge is 0.244 e. The highest BCUT2D eigenvalue weighted by molar-refractivity contribution is 7.10. The van der Waals surface area contributed by atoms with Gasteiger partial charge in [0.1, 0.15) is 6.54 Å². The van der Waals surface area contributed by atoms with Gasteiger partial charge in [0.2, 0.25) is 5.91 Å². The summed E-state index contributed by atoms with van der Waals surface area (Å²) in [4.78, 5) is 15.6. The van der Waals surface area contributed by atoms with Gasteiger partial charge in [0, 0.05) is 30.8 Å². The van der Waals surface area contributed by atoms with Gasteiger partial charge in [-0.2, -0.15) is 0 Å². The van der Waals surface area contributed by atoms with Crippen molar-refractivity contribution in [2.24, 2.45) is 0 Å². The number of rotatable bonds is 5. The van der Waals surface area contributed by atoms with Gasteiger partial charge in [-0.3, -0.25) is 4.79 Å². The molecule has 0 saturated carbocycles. The number of aryl methyl sites for hydroxylation is 1. The van der Waals surface area contributed by atoms with Crippen molar-refractivity contribution in [2.45, 2.75) is 32.4 Å². The monoisotopic (exact) mass is 306 g/mol. The van der Waals surface area contributed by atoms with E-state index in [1.807, 2.05) is 4.90 Å². The molecule has 0 bridgehead atoms. The number of aromatic nitrogens is 3. The molecule has 0 spiro atoms. The molecular weight excluding hydrogens is 288 g/mol. The van der Waals surface area contributed by atoms with E-state index in [0.29, 0.717) is 19.4 Å². The highest BCUT2D eigenvalue weighted by Gasteiger charge is 2.21. The SMILES string of the molecule is O=C(Cn1cc(CCCO)nn1)N1CCc2sccc2C1. The third-order valence-electron chi connectivity index (χ3n) is 3.63. The summed E-state index contributed by atoms with van der Waals surface area (Å²) in [6.45, 7) is 1.84. The molecule has 3 rings (SSSR count). The zero-order valence-electron chi connectivity index (χ0n) is 11.7. The van der Waals surface area contributed by atoms with E-state index in [2.05, 4.69) is 21.8 Å². The van der Waals surface area contributed by atoms with E-state index >= 15 is 0 Å².